The van der Waals surface area contributed by atoms with E-state index in [1.165, 1.54) is 49.7 Å². The minimum atomic E-state index is -4.30. The van der Waals surface area contributed by atoms with Gasteiger partial charge in [0.1, 0.15) is 11.9 Å². The first kappa shape index (κ1) is 25.3. The lowest BCUT2D eigenvalue weighted by atomic mass is 9.45. The molecule has 0 heterocycles. The minimum absolute atomic E-state index is 0.106. The smallest absolute Gasteiger partial charge is 0.265 e. The molecule has 0 saturated heterocycles. The van der Waals surface area contributed by atoms with Crippen LogP contribution in [0.1, 0.15) is 40.0 Å². The van der Waals surface area contributed by atoms with E-state index in [0.717, 1.165) is 29.1 Å². The number of hydrogen-bond acceptors (Lipinski definition) is 3. The number of halogens is 3. The number of carbonyl (C=O) groups excluding carboxylic acids is 1. The highest BCUT2D eigenvalue weighted by atomic mass is 35.5. The van der Waals surface area contributed by atoms with Gasteiger partial charge in [0.05, 0.1) is 10.6 Å². The van der Waals surface area contributed by atoms with E-state index < -0.39 is 27.8 Å². The highest BCUT2D eigenvalue weighted by Crippen LogP contribution is 2.61. The molecule has 0 spiro atoms. The molecule has 9 heteroatoms. The highest BCUT2D eigenvalue weighted by Gasteiger charge is 2.54. The van der Waals surface area contributed by atoms with Crippen LogP contribution in [0, 0.1) is 29.0 Å². The van der Waals surface area contributed by atoms with Crippen LogP contribution in [0.15, 0.2) is 47.4 Å². The Kier molecular flexibility index (Phi) is 6.93. The molecule has 1 amide bonds. The zero-order valence-corrected chi connectivity index (χ0v) is 21.7. The second-order valence-electron chi connectivity index (χ2n) is 9.97. The Morgan fingerprint density at radius 2 is 1.79 bits per heavy atom. The van der Waals surface area contributed by atoms with E-state index in [4.69, 9.17) is 23.2 Å². The SMILES string of the molecule is CC(C(=O)NCC1CCC2CC1C2(C)C)N(c1cc(Cl)ccc1F)S(=O)(=O)c1ccc(Cl)cc1. The Balaban J connectivity index is 1.61. The van der Waals surface area contributed by atoms with Crippen LogP contribution in [0.4, 0.5) is 10.1 Å². The van der Waals surface area contributed by atoms with Gasteiger partial charge in [-0.15, -0.1) is 0 Å². The molecule has 3 aliphatic rings. The summed E-state index contributed by atoms with van der Waals surface area (Å²) in [5.74, 6) is 0.350. The van der Waals surface area contributed by atoms with Gasteiger partial charge in [-0.05, 0) is 91.8 Å². The largest absolute Gasteiger partial charge is 0.354 e. The van der Waals surface area contributed by atoms with Gasteiger partial charge in [-0.2, -0.15) is 0 Å². The van der Waals surface area contributed by atoms with Crippen LogP contribution in [0.5, 0.6) is 0 Å². The third kappa shape index (κ3) is 4.54. The van der Waals surface area contributed by atoms with E-state index in [1.54, 1.807) is 0 Å². The Labute approximate surface area is 210 Å². The number of anilines is 1. The van der Waals surface area contributed by atoms with Gasteiger partial charge >= 0.3 is 0 Å². The van der Waals surface area contributed by atoms with Crippen molar-refractivity contribution in [2.75, 3.05) is 10.8 Å². The second kappa shape index (κ2) is 9.32. The van der Waals surface area contributed by atoms with Gasteiger partial charge in [0.2, 0.25) is 5.91 Å². The molecule has 4 atom stereocenters. The van der Waals surface area contributed by atoms with Gasteiger partial charge < -0.3 is 5.32 Å². The van der Waals surface area contributed by atoms with Crippen molar-refractivity contribution >= 4 is 44.8 Å². The average molecular weight is 527 g/mol. The fraction of sp³-hybridized carbons (Fsp3) is 0.480. The van der Waals surface area contributed by atoms with Crippen molar-refractivity contribution in [3.8, 4) is 0 Å². The Bertz CT molecular complexity index is 1190. The summed E-state index contributed by atoms with van der Waals surface area (Å²) >= 11 is 12.0. The van der Waals surface area contributed by atoms with Crippen molar-refractivity contribution in [2.45, 2.75) is 51.0 Å². The molecule has 0 radical (unpaired) electrons. The fourth-order valence-corrected chi connectivity index (χ4v) is 7.52. The van der Waals surface area contributed by atoms with Crippen LogP contribution in [0.2, 0.25) is 10.0 Å². The van der Waals surface area contributed by atoms with Gasteiger partial charge in [0, 0.05) is 16.6 Å². The van der Waals surface area contributed by atoms with Crippen LogP contribution in [-0.2, 0) is 14.8 Å². The number of carbonyl (C=O) groups is 1. The molecule has 3 fully saturated rings. The van der Waals surface area contributed by atoms with E-state index >= 15 is 0 Å². The van der Waals surface area contributed by atoms with E-state index in [1.807, 2.05) is 0 Å². The van der Waals surface area contributed by atoms with Crippen molar-refractivity contribution in [1.82, 2.24) is 5.32 Å². The van der Waals surface area contributed by atoms with E-state index in [2.05, 4.69) is 19.2 Å². The van der Waals surface area contributed by atoms with Crippen LogP contribution >= 0.6 is 23.2 Å². The standard InChI is InChI=1S/C25H29Cl2FN2O3S/c1-15(24(31)29-14-16-4-5-17-12-21(16)25(17,2)3)30(23-13-19(27)8-11-22(23)28)34(32,33)20-9-6-18(26)7-10-20/h6-11,13,15-17,21H,4-5,12,14H2,1-3H3,(H,29,31). The molecule has 0 aliphatic heterocycles. The van der Waals surface area contributed by atoms with Crippen molar-refractivity contribution < 1.29 is 17.6 Å². The first-order valence-electron chi connectivity index (χ1n) is 11.5. The zero-order chi connectivity index (χ0) is 24.8. The summed E-state index contributed by atoms with van der Waals surface area (Å²) in [6, 6.07) is 7.94. The van der Waals surface area contributed by atoms with E-state index in [0.29, 0.717) is 23.4 Å². The van der Waals surface area contributed by atoms with Crippen LogP contribution in [0.3, 0.4) is 0 Å². The van der Waals surface area contributed by atoms with Gasteiger partial charge in [-0.25, -0.2) is 12.8 Å². The summed E-state index contributed by atoms with van der Waals surface area (Å²) in [4.78, 5) is 13.1. The van der Waals surface area contributed by atoms with Crippen molar-refractivity contribution in [1.29, 1.82) is 0 Å². The lowest BCUT2D eigenvalue weighted by Gasteiger charge is -2.60. The Morgan fingerprint density at radius 1 is 1.15 bits per heavy atom. The second-order valence-corrected chi connectivity index (χ2v) is 12.7. The van der Waals surface area contributed by atoms with Crippen LogP contribution in [-0.4, -0.2) is 26.9 Å². The lowest BCUT2D eigenvalue weighted by Crippen LogP contribution is -2.56. The lowest BCUT2D eigenvalue weighted by molar-refractivity contribution is -0.125. The number of fused-ring (bicyclic) bond motifs is 2. The van der Waals surface area contributed by atoms with Crippen LogP contribution < -0.4 is 9.62 Å². The third-order valence-corrected chi connectivity index (χ3v) is 10.2. The van der Waals surface area contributed by atoms with Crippen LogP contribution in [0.25, 0.3) is 0 Å². The first-order chi connectivity index (χ1) is 15.9. The molecule has 2 aromatic rings. The minimum Gasteiger partial charge on any atom is -0.354 e. The summed E-state index contributed by atoms with van der Waals surface area (Å²) in [5.41, 5.74) is -0.0154. The number of rotatable bonds is 7. The molecule has 5 nitrogen and oxygen atoms in total. The van der Waals surface area contributed by atoms with Crippen molar-refractivity contribution in [2.24, 2.45) is 23.2 Å². The normalized spacial score (nSPS) is 24.1. The molecule has 4 unspecified atom stereocenters. The average Bonchev–Trinajstić information content (AvgIpc) is 2.79. The predicted molar refractivity (Wildman–Crippen MR) is 133 cm³/mol. The monoisotopic (exact) mass is 526 g/mol. The molecule has 184 valence electrons. The summed E-state index contributed by atoms with van der Waals surface area (Å²) in [5, 5.41) is 3.46. The molecule has 5 rings (SSSR count). The predicted octanol–water partition coefficient (Wildman–Crippen LogP) is 5.90. The third-order valence-electron chi connectivity index (χ3n) is 7.79. The Morgan fingerprint density at radius 3 is 2.41 bits per heavy atom. The molecule has 34 heavy (non-hydrogen) atoms. The topological polar surface area (TPSA) is 66.5 Å². The number of nitrogens with one attached hydrogen (secondary N) is 1. The summed E-state index contributed by atoms with van der Waals surface area (Å²) < 4.78 is 42.8. The molecular formula is C25H29Cl2FN2O3S. The van der Waals surface area contributed by atoms with Gasteiger partial charge in [0.25, 0.3) is 10.0 Å². The number of sulfonamides is 1. The number of hydrogen-bond donors (Lipinski definition) is 1. The molecule has 3 saturated carbocycles. The van der Waals surface area contributed by atoms with E-state index in [-0.39, 0.29) is 21.0 Å². The van der Waals surface area contributed by atoms with Crippen molar-refractivity contribution in [3.05, 3.63) is 58.3 Å². The summed E-state index contributed by atoms with van der Waals surface area (Å²) in [7, 11) is -4.30. The Hall–Kier alpha value is -1.83. The number of benzene rings is 2. The molecule has 2 aromatic carbocycles. The summed E-state index contributed by atoms with van der Waals surface area (Å²) in [6.45, 7) is 6.49. The van der Waals surface area contributed by atoms with Gasteiger partial charge in [0.15, 0.2) is 0 Å². The molecule has 3 aliphatic carbocycles. The molecule has 2 bridgehead atoms. The zero-order valence-electron chi connectivity index (χ0n) is 19.4. The quantitative estimate of drug-likeness (QED) is 0.487. The fourth-order valence-electron chi connectivity index (χ4n) is 5.61. The summed E-state index contributed by atoms with van der Waals surface area (Å²) in [6.07, 6.45) is 3.36. The van der Waals surface area contributed by atoms with E-state index in [9.17, 15) is 17.6 Å². The maximum Gasteiger partial charge on any atom is 0.265 e. The number of nitrogens with zero attached hydrogens (tertiary/aromatic N) is 1. The molecule has 0 aromatic heterocycles. The molecule has 1 N–H and O–H groups in total. The first-order valence-corrected chi connectivity index (χ1v) is 13.6. The number of amides is 1. The maximum atomic E-state index is 14.9. The van der Waals surface area contributed by atoms with Crippen molar-refractivity contribution in [3.63, 3.8) is 0 Å². The van der Waals surface area contributed by atoms with Gasteiger partial charge in [-0.1, -0.05) is 37.0 Å². The molecular weight excluding hydrogens is 498 g/mol. The maximum absolute atomic E-state index is 14.9. The highest BCUT2D eigenvalue weighted by molar-refractivity contribution is 7.93. The van der Waals surface area contributed by atoms with Gasteiger partial charge in [-0.3, -0.25) is 9.10 Å².